The fraction of sp³-hybridized carbons (Fsp3) is 0. The number of hydrogen-bond acceptors (Lipinski definition) is 4. The van der Waals surface area contributed by atoms with Crippen molar-refractivity contribution in [2.24, 2.45) is 0 Å². The van der Waals surface area contributed by atoms with Crippen molar-refractivity contribution in [2.75, 3.05) is 4.90 Å². The average molecular weight is 382 g/mol. The molecule has 4 nitrogen and oxygen atoms in total. The highest BCUT2D eigenvalue weighted by atomic mass is 32.2. The van der Waals surface area contributed by atoms with E-state index in [4.69, 9.17) is 9.83 Å². The number of benzene rings is 2. The minimum atomic E-state index is -0.413. The van der Waals surface area contributed by atoms with Crippen LogP contribution in [0.2, 0.25) is 0 Å². The number of halogens is 2. The molecule has 0 bridgehead atoms. The number of rotatable bonds is 3. The lowest BCUT2D eigenvalue weighted by Crippen LogP contribution is -2.28. The van der Waals surface area contributed by atoms with E-state index >= 15 is 0 Å². The first-order valence-electron chi connectivity index (χ1n) is 7.95. The van der Waals surface area contributed by atoms with Crippen LogP contribution in [0.25, 0.3) is 17.4 Å². The SMILES string of the molecule is N=C1S/C(=C\c2ccc(-c3ccc(F)cc3)o2)C(=O)N1c1ccc(F)cc1. The standard InChI is InChI=1S/C20H12F2N2O2S/c21-13-3-1-12(2-4-13)17-10-9-16(26-17)11-18-19(25)24(20(23)27-18)15-7-5-14(22)6-8-15/h1-11,23H/b18-11-,23-20?. The number of nitrogens with zero attached hydrogens (tertiary/aromatic N) is 1. The third-order valence-electron chi connectivity index (χ3n) is 3.94. The molecule has 0 atom stereocenters. The van der Waals surface area contributed by atoms with Crippen molar-refractivity contribution in [3.8, 4) is 11.3 Å². The maximum atomic E-state index is 13.1. The highest BCUT2D eigenvalue weighted by Gasteiger charge is 2.33. The van der Waals surface area contributed by atoms with Crippen LogP contribution < -0.4 is 4.90 Å². The minimum Gasteiger partial charge on any atom is -0.457 e. The molecule has 1 aliphatic heterocycles. The van der Waals surface area contributed by atoms with Gasteiger partial charge in [0.1, 0.15) is 23.2 Å². The van der Waals surface area contributed by atoms with Crippen molar-refractivity contribution in [3.05, 3.63) is 83.0 Å². The Morgan fingerprint density at radius 2 is 1.56 bits per heavy atom. The van der Waals surface area contributed by atoms with Crippen LogP contribution in [0.15, 0.2) is 70.0 Å². The summed E-state index contributed by atoms with van der Waals surface area (Å²) in [6, 6.07) is 14.7. The van der Waals surface area contributed by atoms with Gasteiger partial charge in [-0.1, -0.05) is 0 Å². The van der Waals surface area contributed by atoms with Gasteiger partial charge in [0.2, 0.25) is 0 Å². The third-order valence-corrected chi connectivity index (χ3v) is 4.83. The Bertz CT molecular complexity index is 1060. The molecule has 0 saturated carbocycles. The first-order chi connectivity index (χ1) is 13.0. The summed E-state index contributed by atoms with van der Waals surface area (Å²) < 4.78 is 31.8. The van der Waals surface area contributed by atoms with Gasteiger partial charge in [0.25, 0.3) is 5.91 Å². The molecular formula is C20H12F2N2O2S. The summed E-state index contributed by atoms with van der Waals surface area (Å²) in [5.41, 5.74) is 1.14. The van der Waals surface area contributed by atoms with E-state index in [0.717, 1.165) is 11.8 Å². The van der Waals surface area contributed by atoms with Gasteiger partial charge in [-0.3, -0.25) is 15.1 Å². The van der Waals surface area contributed by atoms with Crippen molar-refractivity contribution in [1.82, 2.24) is 0 Å². The molecule has 1 amide bonds. The predicted octanol–water partition coefficient (Wildman–Crippen LogP) is 5.28. The van der Waals surface area contributed by atoms with Gasteiger partial charge in [0, 0.05) is 11.6 Å². The molecule has 1 fully saturated rings. The zero-order valence-electron chi connectivity index (χ0n) is 13.8. The Balaban J connectivity index is 1.59. The summed E-state index contributed by atoms with van der Waals surface area (Å²) in [6.07, 6.45) is 1.55. The molecule has 1 aromatic heterocycles. The van der Waals surface area contributed by atoms with Gasteiger partial charge >= 0.3 is 0 Å². The minimum absolute atomic E-state index is 0.0307. The molecule has 0 radical (unpaired) electrons. The molecule has 0 spiro atoms. The van der Waals surface area contributed by atoms with Gasteiger partial charge in [0.05, 0.1) is 10.6 Å². The number of hydrogen-bond donors (Lipinski definition) is 1. The number of thioether (sulfide) groups is 1. The summed E-state index contributed by atoms with van der Waals surface area (Å²) in [7, 11) is 0. The normalized spacial score (nSPS) is 15.8. The largest absolute Gasteiger partial charge is 0.457 e. The smallest absolute Gasteiger partial charge is 0.271 e. The van der Waals surface area contributed by atoms with Crippen molar-refractivity contribution < 1.29 is 18.0 Å². The number of carbonyl (C=O) groups excluding carboxylic acids is 1. The van der Waals surface area contributed by atoms with E-state index in [1.54, 1.807) is 30.3 Å². The molecule has 1 N–H and O–H groups in total. The van der Waals surface area contributed by atoms with Crippen molar-refractivity contribution in [1.29, 1.82) is 5.41 Å². The maximum Gasteiger partial charge on any atom is 0.271 e. The van der Waals surface area contributed by atoms with E-state index in [0.29, 0.717) is 27.7 Å². The summed E-state index contributed by atoms with van der Waals surface area (Å²) >= 11 is 1.00. The highest BCUT2D eigenvalue weighted by Crippen LogP contribution is 2.35. The molecule has 27 heavy (non-hydrogen) atoms. The number of furan rings is 1. The van der Waals surface area contributed by atoms with Gasteiger partial charge in [-0.15, -0.1) is 0 Å². The lowest BCUT2D eigenvalue weighted by molar-refractivity contribution is -0.113. The predicted molar refractivity (Wildman–Crippen MR) is 101 cm³/mol. The van der Waals surface area contributed by atoms with Gasteiger partial charge < -0.3 is 4.42 Å². The second-order valence-corrected chi connectivity index (χ2v) is 6.77. The Morgan fingerprint density at radius 1 is 0.926 bits per heavy atom. The molecule has 4 rings (SSSR count). The lowest BCUT2D eigenvalue weighted by Gasteiger charge is -2.13. The zero-order valence-corrected chi connectivity index (χ0v) is 14.6. The number of carbonyl (C=O) groups is 1. The second kappa shape index (κ2) is 6.85. The maximum absolute atomic E-state index is 13.1. The van der Waals surface area contributed by atoms with Crippen LogP contribution in [0.5, 0.6) is 0 Å². The van der Waals surface area contributed by atoms with Crippen molar-refractivity contribution in [3.63, 3.8) is 0 Å². The van der Waals surface area contributed by atoms with E-state index in [1.165, 1.54) is 41.3 Å². The van der Waals surface area contributed by atoms with Crippen LogP contribution in [0.1, 0.15) is 5.76 Å². The first kappa shape index (κ1) is 17.2. The zero-order chi connectivity index (χ0) is 19.0. The molecule has 3 aromatic rings. The van der Waals surface area contributed by atoms with E-state index < -0.39 is 5.82 Å². The molecule has 2 aromatic carbocycles. The first-order valence-corrected chi connectivity index (χ1v) is 8.77. The van der Waals surface area contributed by atoms with Crippen LogP contribution in [0, 0.1) is 17.0 Å². The topological polar surface area (TPSA) is 57.3 Å². The van der Waals surface area contributed by atoms with Gasteiger partial charge in [-0.05, 0) is 72.4 Å². The average Bonchev–Trinajstić information content (AvgIpc) is 3.22. The van der Waals surface area contributed by atoms with Crippen LogP contribution >= 0.6 is 11.8 Å². The van der Waals surface area contributed by atoms with E-state index in [-0.39, 0.29) is 16.9 Å². The van der Waals surface area contributed by atoms with Crippen LogP contribution in [-0.2, 0) is 4.79 Å². The number of amidine groups is 1. The van der Waals surface area contributed by atoms with Gasteiger partial charge in [-0.2, -0.15) is 0 Å². The molecule has 7 heteroatoms. The van der Waals surface area contributed by atoms with E-state index in [2.05, 4.69) is 0 Å². The van der Waals surface area contributed by atoms with Crippen LogP contribution in [-0.4, -0.2) is 11.1 Å². The van der Waals surface area contributed by atoms with Gasteiger partial charge in [-0.25, -0.2) is 8.78 Å². The highest BCUT2D eigenvalue weighted by molar-refractivity contribution is 8.19. The van der Waals surface area contributed by atoms with Crippen molar-refractivity contribution >= 4 is 34.6 Å². The molecule has 1 aliphatic rings. The van der Waals surface area contributed by atoms with Crippen LogP contribution in [0.4, 0.5) is 14.5 Å². The Hall–Kier alpha value is -3.19. The lowest BCUT2D eigenvalue weighted by atomic mass is 10.2. The Labute approximate surface area is 157 Å². The Morgan fingerprint density at radius 3 is 2.22 bits per heavy atom. The number of anilines is 1. The quantitative estimate of drug-likeness (QED) is 0.627. The molecule has 1 saturated heterocycles. The Kier molecular flexibility index (Phi) is 4.37. The second-order valence-electron chi connectivity index (χ2n) is 5.74. The van der Waals surface area contributed by atoms with Crippen LogP contribution in [0.3, 0.4) is 0 Å². The summed E-state index contributed by atoms with van der Waals surface area (Å²) in [5.74, 6) is -0.137. The monoisotopic (exact) mass is 382 g/mol. The molecule has 0 unspecified atom stereocenters. The molecule has 134 valence electrons. The number of amides is 1. The number of nitrogens with one attached hydrogen (secondary N) is 1. The molecular weight excluding hydrogens is 370 g/mol. The van der Waals surface area contributed by atoms with E-state index in [9.17, 15) is 13.6 Å². The van der Waals surface area contributed by atoms with E-state index in [1.807, 2.05) is 0 Å². The third kappa shape index (κ3) is 3.41. The summed E-state index contributed by atoms with van der Waals surface area (Å²) in [5, 5.41) is 8.08. The summed E-state index contributed by atoms with van der Waals surface area (Å²) in [6.45, 7) is 0. The molecule has 0 aliphatic carbocycles. The van der Waals surface area contributed by atoms with Crippen molar-refractivity contribution in [2.45, 2.75) is 0 Å². The summed E-state index contributed by atoms with van der Waals surface area (Å²) in [4.78, 5) is 14.2. The fourth-order valence-electron chi connectivity index (χ4n) is 2.64. The van der Waals surface area contributed by atoms with Gasteiger partial charge in [0.15, 0.2) is 5.17 Å². The fourth-order valence-corrected chi connectivity index (χ4v) is 3.48. The molecule has 2 heterocycles.